The van der Waals surface area contributed by atoms with Gasteiger partial charge in [-0.15, -0.1) is 0 Å². The predicted octanol–water partition coefficient (Wildman–Crippen LogP) is 11.5. The van der Waals surface area contributed by atoms with E-state index in [9.17, 15) is 0 Å². The Balaban J connectivity index is 1.28. The maximum atomic E-state index is 2.40. The first kappa shape index (κ1) is 25.6. The average molecular weight is 575 g/mol. The van der Waals surface area contributed by atoms with Crippen LogP contribution in [0.1, 0.15) is 5.56 Å². The molecule has 0 aliphatic carbocycles. The molecule has 45 heavy (non-hydrogen) atoms. The minimum Gasteiger partial charge on any atom is -0.309 e. The number of aryl methyl sites for hydroxylation is 1. The van der Waals surface area contributed by atoms with E-state index in [1.807, 2.05) is 0 Å². The third kappa shape index (κ3) is 4.03. The highest BCUT2D eigenvalue weighted by molar-refractivity contribution is 6.13. The Hall–Kier alpha value is -5.86. The lowest BCUT2D eigenvalue weighted by Crippen LogP contribution is -1.93. The molecule has 0 saturated carbocycles. The maximum absolute atomic E-state index is 2.40. The molecule has 0 saturated heterocycles. The van der Waals surface area contributed by atoms with E-state index in [0.717, 1.165) is 0 Å². The number of fused-ring (bicyclic) bond motifs is 6. The molecule has 0 radical (unpaired) electrons. The second kappa shape index (κ2) is 10.1. The topological polar surface area (TPSA) is 9.86 Å². The van der Waals surface area contributed by atoms with Crippen LogP contribution in [0.3, 0.4) is 0 Å². The zero-order valence-corrected chi connectivity index (χ0v) is 25.0. The van der Waals surface area contributed by atoms with Gasteiger partial charge in [-0.1, -0.05) is 97.1 Å². The first-order valence-electron chi connectivity index (χ1n) is 15.5. The largest absolute Gasteiger partial charge is 0.309 e. The Morgan fingerprint density at radius 2 is 0.756 bits per heavy atom. The minimum absolute atomic E-state index is 1.17. The van der Waals surface area contributed by atoms with Crippen molar-refractivity contribution in [2.45, 2.75) is 6.92 Å². The van der Waals surface area contributed by atoms with E-state index < -0.39 is 0 Å². The molecule has 0 amide bonds. The fraction of sp³-hybridized carbons (Fsp3) is 0.0233. The van der Waals surface area contributed by atoms with Crippen LogP contribution in [0.4, 0.5) is 0 Å². The Bertz CT molecular complexity index is 2530. The normalized spacial score (nSPS) is 11.7. The van der Waals surface area contributed by atoms with Gasteiger partial charge >= 0.3 is 0 Å². The number of hydrogen-bond donors (Lipinski definition) is 0. The molecule has 0 fully saturated rings. The summed E-state index contributed by atoms with van der Waals surface area (Å²) in [6.07, 6.45) is 0. The van der Waals surface area contributed by atoms with Crippen LogP contribution >= 0.6 is 0 Å². The molecule has 7 aromatic carbocycles. The zero-order valence-electron chi connectivity index (χ0n) is 25.0. The van der Waals surface area contributed by atoms with E-state index in [4.69, 9.17) is 0 Å². The standard InChI is InChI=1S/C43H30N2/c1-29-12-8-9-17-35(29)32-22-25-43-39(28-32)38-27-31(21-24-42(38)45(43)34-15-6-3-7-16-34)30-20-23-41-37(26-30)36-18-10-11-19-40(36)44(41)33-13-4-2-5-14-33/h2-28H,1H3. The van der Waals surface area contributed by atoms with Gasteiger partial charge in [0.25, 0.3) is 0 Å². The van der Waals surface area contributed by atoms with Gasteiger partial charge in [-0.2, -0.15) is 0 Å². The summed E-state index contributed by atoms with van der Waals surface area (Å²) in [5, 5.41) is 5.05. The number of aromatic nitrogens is 2. The highest BCUT2D eigenvalue weighted by atomic mass is 15.0. The van der Waals surface area contributed by atoms with Gasteiger partial charge in [0.15, 0.2) is 0 Å². The molecule has 9 rings (SSSR count). The fourth-order valence-corrected chi connectivity index (χ4v) is 7.13. The molecule has 0 N–H and O–H groups in total. The lowest BCUT2D eigenvalue weighted by Gasteiger charge is -2.09. The van der Waals surface area contributed by atoms with Crippen LogP contribution in [0.2, 0.25) is 0 Å². The molecule has 0 atom stereocenters. The Kier molecular flexibility index (Phi) is 5.76. The van der Waals surface area contributed by atoms with E-state index in [1.165, 1.54) is 82.8 Å². The summed E-state index contributed by atoms with van der Waals surface area (Å²) >= 11 is 0. The number of hydrogen-bond acceptors (Lipinski definition) is 0. The molecule has 2 heteroatoms. The first-order chi connectivity index (χ1) is 22.2. The van der Waals surface area contributed by atoms with Crippen molar-refractivity contribution in [1.82, 2.24) is 9.13 Å². The monoisotopic (exact) mass is 574 g/mol. The summed E-state index contributed by atoms with van der Waals surface area (Å²) in [6, 6.07) is 59.5. The number of rotatable bonds is 4. The molecular weight excluding hydrogens is 544 g/mol. The van der Waals surface area contributed by atoms with Gasteiger partial charge in [-0.05, 0) is 101 Å². The summed E-state index contributed by atoms with van der Waals surface area (Å²) in [7, 11) is 0. The van der Waals surface area contributed by atoms with Gasteiger partial charge in [0.1, 0.15) is 0 Å². The molecule has 0 spiro atoms. The highest BCUT2D eigenvalue weighted by Gasteiger charge is 2.17. The Morgan fingerprint density at radius 1 is 0.333 bits per heavy atom. The number of para-hydroxylation sites is 3. The van der Waals surface area contributed by atoms with E-state index in [2.05, 4.69) is 180 Å². The smallest absolute Gasteiger partial charge is 0.0541 e. The van der Waals surface area contributed by atoms with Crippen LogP contribution in [0.15, 0.2) is 164 Å². The first-order valence-corrected chi connectivity index (χ1v) is 15.5. The van der Waals surface area contributed by atoms with E-state index in [0.29, 0.717) is 0 Å². The van der Waals surface area contributed by atoms with Crippen molar-refractivity contribution in [1.29, 1.82) is 0 Å². The third-order valence-electron chi connectivity index (χ3n) is 9.26. The number of nitrogens with zero attached hydrogens (tertiary/aromatic N) is 2. The second-order valence-corrected chi connectivity index (χ2v) is 11.9. The Labute approximate surface area is 262 Å². The van der Waals surface area contributed by atoms with Gasteiger partial charge < -0.3 is 9.13 Å². The van der Waals surface area contributed by atoms with Crippen molar-refractivity contribution >= 4 is 43.6 Å². The average Bonchev–Trinajstić information content (AvgIpc) is 3.61. The van der Waals surface area contributed by atoms with Crippen LogP contribution in [-0.2, 0) is 0 Å². The molecular formula is C43H30N2. The lowest BCUT2D eigenvalue weighted by atomic mass is 9.97. The van der Waals surface area contributed by atoms with E-state index in [1.54, 1.807) is 0 Å². The molecule has 0 aliphatic heterocycles. The third-order valence-corrected chi connectivity index (χ3v) is 9.26. The number of benzene rings is 7. The summed E-state index contributed by atoms with van der Waals surface area (Å²) < 4.78 is 4.77. The fourth-order valence-electron chi connectivity index (χ4n) is 7.13. The van der Waals surface area contributed by atoms with Gasteiger partial charge in [0.2, 0.25) is 0 Å². The molecule has 2 heterocycles. The second-order valence-electron chi connectivity index (χ2n) is 11.9. The van der Waals surface area contributed by atoms with Crippen molar-refractivity contribution in [3.63, 3.8) is 0 Å². The zero-order chi connectivity index (χ0) is 29.9. The molecule has 2 aromatic heterocycles. The quantitative estimate of drug-likeness (QED) is 0.198. The van der Waals surface area contributed by atoms with Gasteiger partial charge in [0, 0.05) is 32.9 Å². The minimum atomic E-state index is 1.17. The Morgan fingerprint density at radius 3 is 1.33 bits per heavy atom. The maximum Gasteiger partial charge on any atom is 0.0541 e. The molecule has 0 bridgehead atoms. The molecule has 212 valence electrons. The van der Waals surface area contributed by atoms with Crippen LogP contribution in [0, 0.1) is 6.92 Å². The van der Waals surface area contributed by atoms with Crippen molar-refractivity contribution in [3.05, 3.63) is 169 Å². The van der Waals surface area contributed by atoms with Gasteiger partial charge in [-0.25, -0.2) is 0 Å². The molecule has 0 unspecified atom stereocenters. The van der Waals surface area contributed by atoms with Crippen molar-refractivity contribution in [2.24, 2.45) is 0 Å². The predicted molar refractivity (Wildman–Crippen MR) is 191 cm³/mol. The summed E-state index contributed by atoms with van der Waals surface area (Å²) in [4.78, 5) is 0. The van der Waals surface area contributed by atoms with Crippen LogP contribution in [0.5, 0.6) is 0 Å². The molecule has 0 aliphatic rings. The summed E-state index contributed by atoms with van der Waals surface area (Å²) in [6.45, 7) is 2.19. The van der Waals surface area contributed by atoms with Gasteiger partial charge in [0.05, 0.1) is 22.1 Å². The van der Waals surface area contributed by atoms with Crippen molar-refractivity contribution in [2.75, 3.05) is 0 Å². The summed E-state index contributed by atoms with van der Waals surface area (Å²) in [5.74, 6) is 0. The van der Waals surface area contributed by atoms with Crippen LogP contribution in [-0.4, -0.2) is 9.13 Å². The molecule has 2 nitrogen and oxygen atoms in total. The highest BCUT2D eigenvalue weighted by Crippen LogP contribution is 2.39. The van der Waals surface area contributed by atoms with Crippen molar-refractivity contribution in [3.8, 4) is 33.6 Å². The van der Waals surface area contributed by atoms with E-state index in [-0.39, 0.29) is 0 Å². The summed E-state index contributed by atoms with van der Waals surface area (Å²) in [5.41, 5.74) is 13.5. The molecule has 9 aromatic rings. The van der Waals surface area contributed by atoms with Crippen LogP contribution < -0.4 is 0 Å². The van der Waals surface area contributed by atoms with E-state index >= 15 is 0 Å². The SMILES string of the molecule is Cc1ccccc1-c1ccc2c(c1)c1cc(-c3ccc4c(c3)c3ccccc3n4-c3ccccc3)ccc1n2-c1ccccc1. The van der Waals surface area contributed by atoms with Crippen molar-refractivity contribution < 1.29 is 0 Å². The van der Waals surface area contributed by atoms with Gasteiger partial charge in [-0.3, -0.25) is 0 Å². The van der Waals surface area contributed by atoms with Crippen LogP contribution in [0.25, 0.3) is 77.2 Å². The lowest BCUT2D eigenvalue weighted by molar-refractivity contribution is 1.18.